The first-order valence-electron chi connectivity index (χ1n) is 10.7. The smallest absolute Gasteiger partial charge is 0.257 e. The third-order valence-electron chi connectivity index (χ3n) is 6.34. The van der Waals surface area contributed by atoms with E-state index in [0.717, 1.165) is 61.3 Å². The van der Waals surface area contributed by atoms with E-state index < -0.39 is 0 Å². The molecule has 1 unspecified atom stereocenters. The minimum atomic E-state index is -0.141. The maximum absolute atomic E-state index is 13.5. The van der Waals surface area contributed by atoms with Gasteiger partial charge in [0.15, 0.2) is 0 Å². The number of aryl methyl sites for hydroxylation is 1. The highest BCUT2D eigenvalue weighted by molar-refractivity contribution is 7.17. The van der Waals surface area contributed by atoms with Crippen LogP contribution in [0.5, 0.6) is 0 Å². The average Bonchev–Trinajstić information content (AvgIpc) is 3.05. The van der Waals surface area contributed by atoms with Crippen LogP contribution in [0, 0.1) is 18.8 Å². The fraction of sp³-hybridized carbons (Fsp3) is 0.500. The van der Waals surface area contributed by atoms with Crippen molar-refractivity contribution in [2.45, 2.75) is 52.9 Å². The largest absolute Gasteiger partial charge is 0.339 e. The summed E-state index contributed by atoms with van der Waals surface area (Å²) in [6.45, 7) is 8.15. The topological polar surface area (TPSA) is 49.4 Å². The Morgan fingerprint density at radius 1 is 1.03 bits per heavy atom. The van der Waals surface area contributed by atoms with Crippen LogP contribution in [0.15, 0.2) is 24.3 Å². The molecule has 2 aliphatic rings. The molecule has 1 atom stereocenters. The third kappa shape index (κ3) is 4.25. The zero-order valence-corrected chi connectivity index (χ0v) is 18.4. The van der Waals surface area contributed by atoms with E-state index in [1.165, 1.54) is 10.4 Å². The SMILES string of the molecule is Cc1ccc(C(=O)Nc2sc3c(c2C(=O)N2CCC(C)CC2)CCC(C)C3)cc1. The predicted octanol–water partition coefficient (Wildman–Crippen LogP) is 5.31. The Bertz CT molecular complexity index is 908. The van der Waals surface area contributed by atoms with E-state index in [1.807, 2.05) is 36.1 Å². The Morgan fingerprint density at radius 3 is 2.41 bits per heavy atom. The average molecular weight is 411 g/mol. The lowest BCUT2D eigenvalue weighted by Crippen LogP contribution is -2.38. The van der Waals surface area contributed by atoms with Gasteiger partial charge >= 0.3 is 0 Å². The van der Waals surface area contributed by atoms with E-state index in [0.29, 0.717) is 17.4 Å². The Balaban J connectivity index is 1.64. The molecule has 2 heterocycles. The fourth-order valence-corrected chi connectivity index (χ4v) is 5.71. The maximum atomic E-state index is 13.5. The predicted molar refractivity (Wildman–Crippen MR) is 119 cm³/mol. The zero-order chi connectivity index (χ0) is 20.5. The Hall–Kier alpha value is -2.14. The van der Waals surface area contributed by atoms with E-state index in [9.17, 15) is 9.59 Å². The number of piperidine rings is 1. The van der Waals surface area contributed by atoms with Crippen LogP contribution in [0.25, 0.3) is 0 Å². The minimum absolute atomic E-state index is 0.100. The molecule has 1 fully saturated rings. The fourth-order valence-electron chi connectivity index (χ4n) is 4.32. The van der Waals surface area contributed by atoms with Gasteiger partial charge in [0.2, 0.25) is 0 Å². The second-order valence-corrected chi connectivity index (χ2v) is 9.96. The second kappa shape index (κ2) is 8.31. The number of fused-ring (bicyclic) bond motifs is 1. The van der Waals surface area contributed by atoms with E-state index in [-0.39, 0.29) is 11.8 Å². The van der Waals surface area contributed by atoms with Gasteiger partial charge in [-0.05, 0) is 68.6 Å². The summed E-state index contributed by atoms with van der Waals surface area (Å²) in [5.74, 6) is 1.26. The summed E-state index contributed by atoms with van der Waals surface area (Å²) in [5.41, 5.74) is 3.68. The summed E-state index contributed by atoms with van der Waals surface area (Å²) < 4.78 is 0. The first-order valence-corrected chi connectivity index (χ1v) is 11.6. The molecule has 0 spiro atoms. The minimum Gasteiger partial charge on any atom is -0.339 e. The molecule has 154 valence electrons. The van der Waals surface area contributed by atoms with E-state index in [2.05, 4.69) is 19.2 Å². The van der Waals surface area contributed by atoms with Crippen molar-refractivity contribution in [1.82, 2.24) is 4.90 Å². The molecule has 0 radical (unpaired) electrons. The van der Waals surface area contributed by atoms with E-state index >= 15 is 0 Å². The van der Waals surface area contributed by atoms with Gasteiger partial charge < -0.3 is 10.2 Å². The van der Waals surface area contributed by atoms with Crippen molar-refractivity contribution in [2.75, 3.05) is 18.4 Å². The highest BCUT2D eigenvalue weighted by Gasteiger charge is 2.32. The van der Waals surface area contributed by atoms with Crippen LogP contribution in [0.2, 0.25) is 0 Å². The summed E-state index contributed by atoms with van der Waals surface area (Å²) in [6, 6.07) is 7.57. The lowest BCUT2D eigenvalue weighted by Gasteiger charge is -2.31. The second-order valence-electron chi connectivity index (χ2n) is 8.85. The van der Waals surface area contributed by atoms with Crippen LogP contribution in [0.3, 0.4) is 0 Å². The molecule has 0 bridgehead atoms. The molecule has 2 amide bonds. The van der Waals surface area contributed by atoms with Crippen molar-refractivity contribution >= 4 is 28.2 Å². The van der Waals surface area contributed by atoms with Crippen LogP contribution in [-0.2, 0) is 12.8 Å². The number of hydrogen-bond donors (Lipinski definition) is 1. The molecule has 4 rings (SSSR count). The molecule has 1 aliphatic heterocycles. The van der Waals surface area contributed by atoms with Gasteiger partial charge in [0.05, 0.1) is 5.56 Å². The van der Waals surface area contributed by atoms with Crippen molar-refractivity contribution in [2.24, 2.45) is 11.8 Å². The van der Waals surface area contributed by atoms with Gasteiger partial charge in [0, 0.05) is 23.5 Å². The molecule has 4 nitrogen and oxygen atoms in total. The zero-order valence-electron chi connectivity index (χ0n) is 17.6. The van der Waals surface area contributed by atoms with Crippen molar-refractivity contribution in [3.8, 4) is 0 Å². The molecule has 1 aromatic carbocycles. The number of carbonyl (C=O) groups is 2. The quantitative estimate of drug-likeness (QED) is 0.746. The summed E-state index contributed by atoms with van der Waals surface area (Å²) in [5, 5.41) is 3.81. The van der Waals surface area contributed by atoms with Crippen molar-refractivity contribution in [3.63, 3.8) is 0 Å². The highest BCUT2D eigenvalue weighted by atomic mass is 32.1. The van der Waals surface area contributed by atoms with Crippen LogP contribution in [0.1, 0.15) is 69.8 Å². The Kier molecular flexibility index (Phi) is 5.77. The van der Waals surface area contributed by atoms with Crippen molar-refractivity contribution in [3.05, 3.63) is 51.4 Å². The molecular weight excluding hydrogens is 380 g/mol. The molecular formula is C24H30N2O2S. The Labute approximate surface area is 177 Å². The lowest BCUT2D eigenvalue weighted by atomic mass is 9.88. The summed E-state index contributed by atoms with van der Waals surface area (Å²) in [4.78, 5) is 29.6. The lowest BCUT2D eigenvalue weighted by molar-refractivity contribution is 0.0697. The number of nitrogens with zero attached hydrogens (tertiary/aromatic N) is 1. The molecule has 1 N–H and O–H groups in total. The van der Waals surface area contributed by atoms with Crippen LogP contribution in [0.4, 0.5) is 5.00 Å². The molecule has 5 heteroatoms. The van der Waals surface area contributed by atoms with Crippen LogP contribution < -0.4 is 5.32 Å². The number of amides is 2. The molecule has 0 saturated carbocycles. The van der Waals surface area contributed by atoms with Crippen LogP contribution in [-0.4, -0.2) is 29.8 Å². The Morgan fingerprint density at radius 2 is 1.72 bits per heavy atom. The number of carbonyl (C=O) groups excluding carboxylic acids is 2. The van der Waals surface area contributed by atoms with Gasteiger partial charge in [-0.3, -0.25) is 9.59 Å². The number of benzene rings is 1. The van der Waals surface area contributed by atoms with Gasteiger partial charge in [-0.2, -0.15) is 0 Å². The summed E-state index contributed by atoms with van der Waals surface area (Å²) in [6.07, 6.45) is 5.14. The number of hydrogen-bond acceptors (Lipinski definition) is 3. The first-order chi connectivity index (χ1) is 13.9. The molecule has 1 saturated heterocycles. The van der Waals surface area contributed by atoms with Gasteiger partial charge in [-0.25, -0.2) is 0 Å². The van der Waals surface area contributed by atoms with E-state index in [1.54, 1.807) is 11.3 Å². The first kappa shape index (κ1) is 20.1. The number of rotatable bonds is 3. The van der Waals surface area contributed by atoms with Gasteiger partial charge in [-0.1, -0.05) is 31.5 Å². The number of likely N-dealkylation sites (tertiary alicyclic amines) is 1. The maximum Gasteiger partial charge on any atom is 0.257 e. The normalized spacial score (nSPS) is 19.7. The standard InChI is InChI=1S/C24H30N2O2S/c1-15-4-7-18(8-5-15)22(27)25-23-21(19-9-6-17(3)14-20(19)29-23)24(28)26-12-10-16(2)11-13-26/h4-5,7-8,16-17H,6,9-14H2,1-3H3,(H,25,27). The van der Waals surface area contributed by atoms with Crippen molar-refractivity contribution < 1.29 is 9.59 Å². The van der Waals surface area contributed by atoms with Gasteiger partial charge in [0.1, 0.15) is 5.00 Å². The summed E-state index contributed by atoms with van der Waals surface area (Å²) in [7, 11) is 0. The molecule has 1 aromatic heterocycles. The highest BCUT2D eigenvalue weighted by Crippen LogP contribution is 2.40. The van der Waals surface area contributed by atoms with Gasteiger partial charge in [-0.15, -0.1) is 11.3 Å². The van der Waals surface area contributed by atoms with Gasteiger partial charge in [0.25, 0.3) is 11.8 Å². The molecule has 1 aliphatic carbocycles. The van der Waals surface area contributed by atoms with Crippen LogP contribution >= 0.6 is 11.3 Å². The van der Waals surface area contributed by atoms with Crippen molar-refractivity contribution in [1.29, 1.82) is 0 Å². The third-order valence-corrected chi connectivity index (χ3v) is 7.51. The number of nitrogens with one attached hydrogen (secondary N) is 1. The van der Waals surface area contributed by atoms with E-state index in [4.69, 9.17) is 0 Å². The number of thiophene rings is 1. The molecule has 2 aromatic rings. The monoisotopic (exact) mass is 410 g/mol. The number of anilines is 1. The molecule has 29 heavy (non-hydrogen) atoms. The summed E-state index contributed by atoms with van der Waals surface area (Å²) >= 11 is 1.61.